The Labute approximate surface area is 100 Å². The SMILES string of the molecule is NCC(CN1C(=O)CCC1=O)c1ccccc1. The fourth-order valence-electron chi connectivity index (χ4n) is 2.09. The number of benzene rings is 1. The van der Waals surface area contributed by atoms with Crippen LogP contribution in [0.1, 0.15) is 24.3 Å². The van der Waals surface area contributed by atoms with Gasteiger partial charge in [0.2, 0.25) is 11.8 Å². The number of amides is 2. The lowest BCUT2D eigenvalue weighted by Gasteiger charge is -2.21. The monoisotopic (exact) mass is 232 g/mol. The molecule has 2 amide bonds. The molecule has 1 aliphatic rings. The van der Waals surface area contributed by atoms with Crippen molar-refractivity contribution in [1.82, 2.24) is 4.90 Å². The Morgan fingerprint density at radius 1 is 1.12 bits per heavy atom. The summed E-state index contributed by atoms with van der Waals surface area (Å²) in [6.45, 7) is 0.833. The van der Waals surface area contributed by atoms with E-state index in [1.54, 1.807) is 0 Å². The zero-order valence-electron chi connectivity index (χ0n) is 9.63. The molecule has 0 saturated carbocycles. The summed E-state index contributed by atoms with van der Waals surface area (Å²) in [5.41, 5.74) is 6.80. The molecule has 1 atom stereocenters. The van der Waals surface area contributed by atoms with Crippen LogP contribution < -0.4 is 5.73 Å². The molecule has 1 aromatic rings. The van der Waals surface area contributed by atoms with Crippen LogP contribution in [0.4, 0.5) is 0 Å². The van der Waals surface area contributed by atoms with E-state index in [9.17, 15) is 9.59 Å². The molecule has 1 aliphatic heterocycles. The van der Waals surface area contributed by atoms with Crippen molar-refractivity contribution in [2.24, 2.45) is 5.73 Å². The third-order valence-corrected chi connectivity index (χ3v) is 3.11. The lowest BCUT2D eigenvalue weighted by Crippen LogP contribution is -2.35. The first kappa shape index (κ1) is 11.8. The second-order valence-electron chi connectivity index (χ2n) is 4.24. The van der Waals surface area contributed by atoms with Crippen molar-refractivity contribution in [3.63, 3.8) is 0 Å². The van der Waals surface area contributed by atoms with Crippen LogP contribution in [-0.4, -0.2) is 29.8 Å². The molecule has 1 unspecified atom stereocenters. The summed E-state index contributed by atoms with van der Waals surface area (Å²) in [6, 6.07) is 9.76. The first-order valence-corrected chi connectivity index (χ1v) is 5.80. The van der Waals surface area contributed by atoms with E-state index in [0.717, 1.165) is 5.56 Å². The average Bonchev–Trinajstić information content (AvgIpc) is 2.68. The minimum atomic E-state index is -0.0793. The Hall–Kier alpha value is -1.68. The number of nitrogens with zero attached hydrogens (tertiary/aromatic N) is 1. The molecule has 4 heteroatoms. The van der Waals surface area contributed by atoms with Crippen LogP contribution in [0.2, 0.25) is 0 Å². The first-order valence-electron chi connectivity index (χ1n) is 5.80. The van der Waals surface area contributed by atoms with Gasteiger partial charge in [-0.2, -0.15) is 0 Å². The summed E-state index contributed by atoms with van der Waals surface area (Å²) in [6.07, 6.45) is 0.676. The van der Waals surface area contributed by atoms with E-state index < -0.39 is 0 Å². The summed E-state index contributed by atoms with van der Waals surface area (Å²) in [5.74, 6) is -0.129. The maximum Gasteiger partial charge on any atom is 0.229 e. The molecule has 0 aliphatic carbocycles. The van der Waals surface area contributed by atoms with Crippen LogP contribution in [0, 0.1) is 0 Å². The maximum atomic E-state index is 11.5. The van der Waals surface area contributed by atoms with Crippen molar-refractivity contribution >= 4 is 11.8 Å². The van der Waals surface area contributed by atoms with E-state index in [2.05, 4.69) is 0 Å². The summed E-state index contributed by atoms with van der Waals surface area (Å²) < 4.78 is 0. The van der Waals surface area contributed by atoms with E-state index in [1.807, 2.05) is 30.3 Å². The molecule has 0 radical (unpaired) electrons. The molecule has 2 rings (SSSR count). The van der Waals surface area contributed by atoms with Crippen molar-refractivity contribution in [3.05, 3.63) is 35.9 Å². The van der Waals surface area contributed by atoms with Gasteiger partial charge in [-0.05, 0) is 5.56 Å². The molecular formula is C13H16N2O2. The number of imide groups is 1. The lowest BCUT2D eigenvalue weighted by atomic mass is 9.99. The van der Waals surface area contributed by atoms with Gasteiger partial charge in [-0.15, -0.1) is 0 Å². The highest BCUT2D eigenvalue weighted by atomic mass is 16.2. The number of nitrogens with two attached hydrogens (primary N) is 1. The third-order valence-electron chi connectivity index (χ3n) is 3.11. The second kappa shape index (κ2) is 5.10. The van der Waals surface area contributed by atoms with Crippen LogP contribution in [-0.2, 0) is 9.59 Å². The summed E-state index contributed by atoms with van der Waals surface area (Å²) in [4.78, 5) is 24.4. The van der Waals surface area contributed by atoms with Crippen LogP contribution >= 0.6 is 0 Å². The van der Waals surface area contributed by atoms with E-state index in [1.165, 1.54) is 4.90 Å². The van der Waals surface area contributed by atoms with Gasteiger partial charge < -0.3 is 5.73 Å². The van der Waals surface area contributed by atoms with Crippen molar-refractivity contribution in [2.45, 2.75) is 18.8 Å². The van der Waals surface area contributed by atoms with E-state index in [-0.39, 0.29) is 17.7 Å². The van der Waals surface area contributed by atoms with Crippen LogP contribution in [0.3, 0.4) is 0 Å². The Morgan fingerprint density at radius 3 is 2.24 bits per heavy atom. The molecule has 4 nitrogen and oxygen atoms in total. The van der Waals surface area contributed by atoms with Crippen molar-refractivity contribution < 1.29 is 9.59 Å². The molecule has 17 heavy (non-hydrogen) atoms. The molecule has 90 valence electrons. The Balaban J connectivity index is 2.10. The van der Waals surface area contributed by atoms with Gasteiger partial charge in [0.15, 0.2) is 0 Å². The van der Waals surface area contributed by atoms with Gasteiger partial charge in [-0.3, -0.25) is 14.5 Å². The largest absolute Gasteiger partial charge is 0.330 e. The number of hydrogen-bond donors (Lipinski definition) is 1. The second-order valence-corrected chi connectivity index (χ2v) is 4.24. The highest BCUT2D eigenvalue weighted by Crippen LogP contribution is 2.20. The van der Waals surface area contributed by atoms with Gasteiger partial charge in [0, 0.05) is 31.8 Å². The van der Waals surface area contributed by atoms with Crippen molar-refractivity contribution in [2.75, 3.05) is 13.1 Å². The number of carbonyl (C=O) groups is 2. The molecule has 1 saturated heterocycles. The topological polar surface area (TPSA) is 63.4 Å². The van der Waals surface area contributed by atoms with E-state index in [0.29, 0.717) is 25.9 Å². The van der Waals surface area contributed by atoms with E-state index in [4.69, 9.17) is 5.73 Å². The Bertz CT molecular complexity index is 401. The normalized spacial score (nSPS) is 17.6. The maximum absolute atomic E-state index is 11.5. The van der Waals surface area contributed by atoms with Crippen LogP contribution in [0.25, 0.3) is 0 Å². The van der Waals surface area contributed by atoms with Gasteiger partial charge in [-0.25, -0.2) is 0 Å². The molecule has 1 aromatic carbocycles. The first-order chi connectivity index (χ1) is 8.22. The zero-order chi connectivity index (χ0) is 12.3. The fraction of sp³-hybridized carbons (Fsp3) is 0.385. The summed E-state index contributed by atoms with van der Waals surface area (Å²) in [7, 11) is 0. The summed E-state index contributed by atoms with van der Waals surface area (Å²) >= 11 is 0. The minimum Gasteiger partial charge on any atom is -0.330 e. The molecule has 1 fully saturated rings. The molecule has 0 aromatic heterocycles. The highest BCUT2D eigenvalue weighted by molar-refractivity contribution is 6.01. The van der Waals surface area contributed by atoms with Gasteiger partial charge in [-0.1, -0.05) is 30.3 Å². The molecule has 1 heterocycles. The predicted octanol–water partition coefficient (Wildman–Crippen LogP) is 0.878. The third kappa shape index (κ3) is 2.53. The Kier molecular flexibility index (Phi) is 3.54. The smallest absolute Gasteiger partial charge is 0.229 e. The molecule has 2 N–H and O–H groups in total. The number of rotatable bonds is 4. The van der Waals surface area contributed by atoms with Gasteiger partial charge in [0.05, 0.1) is 0 Å². The zero-order valence-corrected chi connectivity index (χ0v) is 9.63. The number of likely N-dealkylation sites (tertiary alicyclic amines) is 1. The van der Waals surface area contributed by atoms with Crippen LogP contribution in [0.15, 0.2) is 30.3 Å². The highest BCUT2D eigenvalue weighted by Gasteiger charge is 2.30. The standard InChI is InChI=1S/C13H16N2O2/c14-8-11(10-4-2-1-3-5-10)9-15-12(16)6-7-13(15)17/h1-5,11H,6-9,14H2. The summed E-state index contributed by atoms with van der Waals surface area (Å²) in [5, 5.41) is 0. The number of hydrogen-bond acceptors (Lipinski definition) is 3. The quantitative estimate of drug-likeness (QED) is 0.784. The van der Waals surface area contributed by atoms with E-state index >= 15 is 0 Å². The molecular weight excluding hydrogens is 216 g/mol. The predicted molar refractivity (Wildman–Crippen MR) is 64.2 cm³/mol. The van der Waals surface area contributed by atoms with Crippen molar-refractivity contribution in [1.29, 1.82) is 0 Å². The van der Waals surface area contributed by atoms with Gasteiger partial charge >= 0.3 is 0 Å². The number of carbonyl (C=O) groups excluding carboxylic acids is 2. The lowest BCUT2D eigenvalue weighted by molar-refractivity contribution is -0.138. The molecule has 0 bridgehead atoms. The fourth-order valence-corrected chi connectivity index (χ4v) is 2.09. The van der Waals surface area contributed by atoms with Gasteiger partial charge in [0.1, 0.15) is 0 Å². The Morgan fingerprint density at radius 2 is 1.71 bits per heavy atom. The van der Waals surface area contributed by atoms with Gasteiger partial charge in [0.25, 0.3) is 0 Å². The van der Waals surface area contributed by atoms with Crippen molar-refractivity contribution in [3.8, 4) is 0 Å². The minimum absolute atomic E-state index is 0.0298. The molecule has 0 spiro atoms. The average molecular weight is 232 g/mol. The van der Waals surface area contributed by atoms with Crippen LogP contribution in [0.5, 0.6) is 0 Å².